The Morgan fingerprint density at radius 3 is 2.73 bits per heavy atom. The highest BCUT2D eigenvalue weighted by atomic mass is 32.2. The lowest BCUT2D eigenvalue weighted by Gasteiger charge is -2.37. The van der Waals surface area contributed by atoms with E-state index in [2.05, 4.69) is 34.0 Å². The number of nitrogens with zero attached hydrogens (tertiary/aromatic N) is 2. The number of hydrogen-bond acceptors (Lipinski definition) is 4. The quantitative estimate of drug-likeness (QED) is 0.803. The predicted octanol–water partition coefficient (Wildman–Crippen LogP) is 1.90. The van der Waals surface area contributed by atoms with Crippen LogP contribution in [0.4, 0.5) is 4.79 Å². The maximum absolute atomic E-state index is 12.1. The summed E-state index contributed by atoms with van der Waals surface area (Å²) < 4.78 is 11.0. The molecular weight excluding hydrogens is 318 g/mol. The van der Waals surface area contributed by atoms with E-state index >= 15 is 0 Å². The molecular formula is C15H25N3O2S2. The lowest BCUT2D eigenvalue weighted by Crippen LogP contribution is -2.52. The molecule has 1 aromatic heterocycles. The van der Waals surface area contributed by atoms with E-state index in [9.17, 15) is 9.00 Å². The van der Waals surface area contributed by atoms with Gasteiger partial charge in [0.25, 0.3) is 0 Å². The fraction of sp³-hybridized carbons (Fsp3) is 0.667. The van der Waals surface area contributed by atoms with Crippen molar-refractivity contribution in [1.29, 1.82) is 0 Å². The zero-order valence-corrected chi connectivity index (χ0v) is 14.9. The molecule has 1 fully saturated rings. The summed E-state index contributed by atoms with van der Waals surface area (Å²) in [5.74, 6) is 0.645. The molecule has 2 atom stereocenters. The van der Waals surface area contributed by atoms with Crippen LogP contribution in [0, 0.1) is 0 Å². The summed E-state index contributed by atoms with van der Waals surface area (Å²) in [4.78, 5) is 16.4. The zero-order chi connectivity index (χ0) is 15.9. The van der Waals surface area contributed by atoms with Gasteiger partial charge in [-0.25, -0.2) is 4.79 Å². The maximum atomic E-state index is 12.1. The summed E-state index contributed by atoms with van der Waals surface area (Å²) in [6.45, 7) is 6.17. The molecule has 2 heterocycles. The molecule has 2 amide bonds. The Labute approximate surface area is 139 Å². The third-order valence-electron chi connectivity index (χ3n) is 4.06. The molecule has 0 bridgehead atoms. The molecule has 2 rings (SSSR count). The normalized spacial score (nSPS) is 18.9. The van der Waals surface area contributed by atoms with Crippen LogP contribution in [-0.4, -0.2) is 64.8 Å². The van der Waals surface area contributed by atoms with E-state index in [-0.39, 0.29) is 6.03 Å². The van der Waals surface area contributed by atoms with E-state index in [0.717, 1.165) is 32.6 Å². The first-order chi connectivity index (χ1) is 10.6. The van der Waals surface area contributed by atoms with Gasteiger partial charge in [-0.3, -0.25) is 9.11 Å². The summed E-state index contributed by atoms with van der Waals surface area (Å²) in [7, 11) is -0.781. The van der Waals surface area contributed by atoms with Crippen molar-refractivity contribution in [2.24, 2.45) is 0 Å². The molecule has 0 aliphatic carbocycles. The number of carbonyl (C=O) groups is 1. The van der Waals surface area contributed by atoms with Gasteiger partial charge in [0.1, 0.15) is 0 Å². The number of piperazine rings is 1. The molecule has 1 N–H and O–H groups in total. The van der Waals surface area contributed by atoms with E-state index in [4.69, 9.17) is 0 Å². The molecule has 0 aromatic carbocycles. The highest BCUT2D eigenvalue weighted by Crippen LogP contribution is 2.23. The number of amides is 2. The molecule has 1 aromatic rings. The van der Waals surface area contributed by atoms with Crippen LogP contribution >= 0.6 is 11.3 Å². The molecule has 1 aliphatic rings. The molecule has 0 spiro atoms. The summed E-state index contributed by atoms with van der Waals surface area (Å²) in [5, 5.41) is 7.22. The number of rotatable bonds is 6. The lowest BCUT2D eigenvalue weighted by molar-refractivity contribution is 0.114. The van der Waals surface area contributed by atoms with Crippen molar-refractivity contribution in [3.63, 3.8) is 0 Å². The molecule has 124 valence electrons. The van der Waals surface area contributed by atoms with Crippen LogP contribution < -0.4 is 5.32 Å². The van der Waals surface area contributed by atoms with Crippen LogP contribution in [0.3, 0.4) is 0 Å². The van der Waals surface area contributed by atoms with E-state index in [1.54, 1.807) is 17.6 Å². The van der Waals surface area contributed by atoms with Crippen molar-refractivity contribution >= 4 is 28.2 Å². The fourth-order valence-electron chi connectivity index (χ4n) is 2.62. The zero-order valence-electron chi connectivity index (χ0n) is 13.3. The Hall–Kier alpha value is -0.920. The van der Waals surface area contributed by atoms with Gasteiger partial charge in [0.15, 0.2) is 0 Å². The van der Waals surface area contributed by atoms with E-state index in [1.807, 2.05) is 4.90 Å². The van der Waals surface area contributed by atoms with Crippen molar-refractivity contribution in [3.8, 4) is 0 Å². The molecule has 7 heteroatoms. The molecule has 5 nitrogen and oxygen atoms in total. The lowest BCUT2D eigenvalue weighted by atomic mass is 10.1. The van der Waals surface area contributed by atoms with E-state index < -0.39 is 10.8 Å². The molecule has 22 heavy (non-hydrogen) atoms. The average molecular weight is 344 g/mol. The minimum Gasteiger partial charge on any atom is -0.338 e. The minimum absolute atomic E-state index is 0.00437. The highest BCUT2D eigenvalue weighted by molar-refractivity contribution is 7.84. The number of urea groups is 1. The van der Waals surface area contributed by atoms with Crippen LogP contribution in [0.2, 0.25) is 0 Å². The van der Waals surface area contributed by atoms with Gasteiger partial charge in [-0.1, -0.05) is 0 Å². The fourth-order valence-corrected chi connectivity index (χ4v) is 3.92. The summed E-state index contributed by atoms with van der Waals surface area (Å²) in [5.41, 5.74) is 1.36. The Morgan fingerprint density at radius 2 is 2.14 bits per heavy atom. The number of nitrogens with one attached hydrogen (secondary N) is 1. The SMILES string of the molecule is C[C@H](c1ccsc1)N1CCN(C(=O)NCCC[S@](C)=O)CC1. The first kappa shape index (κ1) is 17.4. The predicted molar refractivity (Wildman–Crippen MR) is 92.8 cm³/mol. The molecule has 1 saturated heterocycles. The summed E-state index contributed by atoms with van der Waals surface area (Å²) in [6.07, 6.45) is 2.46. The van der Waals surface area contributed by atoms with Crippen molar-refractivity contribution in [2.75, 3.05) is 44.7 Å². The number of hydrogen-bond donors (Lipinski definition) is 1. The van der Waals surface area contributed by atoms with Gasteiger partial charge in [0.05, 0.1) is 0 Å². The second-order valence-electron chi connectivity index (χ2n) is 5.62. The average Bonchev–Trinajstić information content (AvgIpc) is 3.05. The Morgan fingerprint density at radius 1 is 1.41 bits per heavy atom. The first-order valence-electron chi connectivity index (χ1n) is 7.67. The van der Waals surface area contributed by atoms with E-state index in [0.29, 0.717) is 18.3 Å². The van der Waals surface area contributed by atoms with Crippen molar-refractivity contribution in [1.82, 2.24) is 15.1 Å². The summed E-state index contributed by atoms with van der Waals surface area (Å²) >= 11 is 1.73. The standard InChI is InChI=1S/C15H25N3O2S2/c1-13(14-4-10-21-12-14)17-6-8-18(9-7-17)15(19)16-5-3-11-22(2)20/h4,10,12-13H,3,5-9,11H2,1-2H3,(H,16,19)/t13-,22+/m1/s1. The number of carbonyl (C=O) groups excluding carboxylic acids is 1. The van der Waals surface area contributed by atoms with Gasteiger partial charge in [0, 0.05) is 61.6 Å². The van der Waals surface area contributed by atoms with Crippen LogP contribution in [0.1, 0.15) is 24.9 Å². The Bertz CT molecular complexity index is 485. The number of thiophene rings is 1. The van der Waals surface area contributed by atoms with Gasteiger partial charge in [-0.05, 0) is 35.7 Å². The monoisotopic (exact) mass is 343 g/mol. The Kier molecular flexibility index (Phi) is 6.85. The van der Waals surface area contributed by atoms with Gasteiger partial charge in [0.2, 0.25) is 0 Å². The van der Waals surface area contributed by atoms with Crippen molar-refractivity contribution < 1.29 is 9.00 Å². The smallest absolute Gasteiger partial charge is 0.317 e. The molecule has 1 aliphatic heterocycles. The second kappa shape index (κ2) is 8.64. The van der Waals surface area contributed by atoms with Crippen LogP contribution in [0.5, 0.6) is 0 Å². The molecule has 0 radical (unpaired) electrons. The highest BCUT2D eigenvalue weighted by Gasteiger charge is 2.24. The molecule has 0 unspecified atom stereocenters. The minimum atomic E-state index is -0.781. The van der Waals surface area contributed by atoms with Gasteiger partial charge in [-0.2, -0.15) is 11.3 Å². The van der Waals surface area contributed by atoms with E-state index in [1.165, 1.54) is 5.56 Å². The van der Waals surface area contributed by atoms with Crippen molar-refractivity contribution in [2.45, 2.75) is 19.4 Å². The Balaban J connectivity index is 1.70. The summed E-state index contributed by atoms with van der Waals surface area (Å²) in [6, 6.07) is 2.59. The largest absolute Gasteiger partial charge is 0.338 e. The molecule has 0 saturated carbocycles. The first-order valence-corrected chi connectivity index (χ1v) is 10.3. The van der Waals surface area contributed by atoms with Gasteiger partial charge >= 0.3 is 6.03 Å². The van der Waals surface area contributed by atoms with Crippen LogP contribution in [0.15, 0.2) is 16.8 Å². The second-order valence-corrected chi connectivity index (χ2v) is 7.95. The van der Waals surface area contributed by atoms with Gasteiger partial charge < -0.3 is 10.2 Å². The van der Waals surface area contributed by atoms with Crippen LogP contribution in [0.25, 0.3) is 0 Å². The van der Waals surface area contributed by atoms with Gasteiger partial charge in [-0.15, -0.1) is 0 Å². The maximum Gasteiger partial charge on any atom is 0.317 e. The third kappa shape index (κ3) is 5.07. The topological polar surface area (TPSA) is 52.6 Å². The van der Waals surface area contributed by atoms with Crippen LogP contribution in [-0.2, 0) is 10.8 Å². The third-order valence-corrected chi connectivity index (χ3v) is 5.62. The van der Waals surface area contributed by atoms with Crippen molar-refractivity contribution in [3.05, 3.63) is 22.4 Å².